The smallest absolute Gasteiger partial charge is 0.433 e. The Bertz CT molecular complexity index is 1160. The van der Waals surface area contributed by atoms with Crippen molar-refractivity contribution in [2.75, 3.05) is 46.5 Å². The summed E-state index contributed by atoms with van der Waals surface area (Å²) in [6, 6.07) is 7.33. The first kappa shape index (κ1) is 23.3. The van der Waals surface area contributed by atoms with Gasteiger partial charge in [-0.1, -0.05) is 23.7 Å². The molecule has 0 unspecified atom stereocenters. The normalized spacial score (nSPS) is 15.1. The number of rotatable bonds is 6. The molecule has 1 aromatic carbocycles. The number of hydrogen-bond acceptors (Lipinski definition) is 6. The van der Waals surface area contributed by atoms with Crippen molar-refractivity contribution in [2.45, 2.75) is 6.18 Å². The number of ether oxygens (including phenoxy) is 2. The summed E-state index contributed by atoms with van der Waals surface area (Å²) in [6.07, 6.45) is -4.76. The number of amides is 1. The van der Waals surface area contributed by atoms with Crippen molar-refractivity contribution in [1.29, 1.82) is 0 Å². The van der Waals surface area contributed by atoms with E-state index in [0.29, 0.717) is 35.6 Å². The zero-order chi connectivity index (χ0) is 23.6. The average Bonchev–Trinajstić information content (AvgIpc) is 3.15. The van der Waals surface area contributed by atoms with E-state index in [1.54, 1.807) is 24.3 Å². The summed E-state index contributed by atoms with van der Waals surface area (Å²) < 4.78 is 52.5. The van der Waals surface area contributed by atoms with Gasteiger partial charge in [-0.3, -0.25) is 9.69 Å². The van der Waals surface area contributed by atoms with Gasteiger partial charge in [-0.05, 0) is 18.2 Å². The molecule has 0 radical (unpaired) electrons. The molecule has 1 amide bonds. The number of fused-ring (bicyclic) bond motifs is 1. The van der Waals surface area contributed by atoms with Crippen molar-refractivity contribution in [3.05, 3.63) is 46.7 Å². The van der Waals surface area contributed by atoms with Crippen LogP contribution < -0.4 is 10.1 Å². The molecular formula is C21H21ClF3N5O3. The van der Waals surface area contributed by atoms with Crippen LogP contribution >= 0.6 is 11.6 Å². The predicted molar refractivity (Wildman–Crippen MR) is 115 cm³/mol. The molecule has 0 atom stereocenters. The highest BCUT2D eigenvalue weighted by Crippen LogP contribution is 2.35. The van der Waals surface area contributed by atoms with Crippen LogP contribution in [0.4, 0.5) is 13.2 Å². The van der Waals surface area contributed by atoms with E-state index < -0.39 is 17.8 Å². The number of methoxy groups -OCH3 is 1. The molecule has 3 heterocycles. The van der Waals surface area contributed by atoms with Crippen molar-refractivity contribution >= 4 is 23.2 Å². The molecule has 1 aliphatic heterocycles. The molecular weight excluding hydrogens is 463 g/mol. The van der Waals surface area contributed by atoms with Gasteiger partial charge < -0.3 is 14.8 Å². The Morgan fingerprint density at radius 3 is 2.73 bits per heavy atom. The fourth-order valence-electron chi connectivity index (χ4n) is 3.50. The summed E-state index contributed by atoms with van der Waals surface area (Å²) >= 11 is 6.29. The standard InChI is InChI=1S/C21H21ClF3N5O3/c1-32-14-4-2-3-13(11-14)15-12-16(21(23,24)25)30-19(27-15)17(22)18(28-30)20(31)26-5-6-29-7-9-33-10-8-29/h2-4,11-12H,5-10H2,1H3,(H,26,31). The van der Waals surface area contributed by atoms with E-state index in [1.807, 2.05) is 0 Å². The Morgan fingerprint density at radius 2 is 2.03 bits per heavy atom. The molecule has 0 bridgehead atoms. The zero-order valence-electron chi connectivity index (χ0n) is 17.7. The molecule has 1 N–H and O–H groups in total. The molecule has 33 heavy (non-hydrogen) atoms. The van der Waals surface area contributed by atoms with Gasteiger partial charge in [-0.2, -0.15) is 18.3 Å². The van der Waals surface area contributed by atoms with Gasteiger partial charge in [0.05, 0.1) is 26.0 Å². The molecule has 0 saturated carbocycles. The first-order valence-corrected chi connectivity index (χ1v) is 10.5. The minimum atomic E-state index is -4.76. The number of nitrogens with one attached hydrogen (secondary N) is 1. The number of benzene rings is 1. The van der Waals surface area contributed by atoms with Gasteiger partial charge in [0.1, 0.15) is 10.8 Å². The molecule has 3 aromatic rings. The maximum atomic E-state index is 13.8. The second-order valence-corrected chi connectivity index (χ2v) is 7.74. The molecule has 8 nitrogen and oxygen atoms in total. The summed E-state index contributed by atoms with van der Waals surface area (Å²) in [6.45, 7) is 3.60. The molecule has 1 saturated heterocycles. The highest BCUT2D eigenvalue weighted by molar-refractivity contribution is 6.36. The van der Waals surface area contributed by atoms with Crippen LogP contribution in [-0.4, -0.2) is 71.9 Å². The van der Waals surface area contributed by atoms with Gasteiger partial charge in [0.2, 0.25) is 0 Å². The lowest BCUT2D eigenvalue weighted by atomic mass is 10.1. The number of aromatic nitrogens is 3. The maximum absolute atomic E-state index is 13.8. The van der Waals surface area contributed by atoms with Crippen molar-refractivity contribution < 1.29 is 27.4 Å². The van der Waals surface area contributed by atoms with E-state index in [4.69, 9.17) is 21.1 Å². The number of carbonyl (C=O) groups is 1. The van der Waals surface area contributed by atoms with Crippen LogP contribution in [0, 0.1) is 0 Å². The number of halogens is 4. The predicted octanol–water partition coefficient (Wildman–Crippen LogP) is 3.14. The lowest BCUT2D eigenvalue weighted by Crippen LogP contribution is -2.41. The number of nitrogens with zero attached hydrogens (tertiary/aromatic N) is 4. The van der Waals surface area contributed by atoms with Gasteiger partial charge >= 0.3 is 6.18 Å². The van der Waals surface area contributed by atoms with Crippen LogP contribution in [0.2, 0.25) is 5.02 Å². The summed E-state index contributed by atoms with van der Waals surface area (Å²) in [5.74, 6) is -0.211. The van der Waals surface area contributed by atoms with Gasteiger partial charge in [-0.15, -0.1) is 0 Å². The van der Waals surface area contributed by atoms with Gasteiger partial charge in [-0.25, -0.2) is 9.50 Å². The Labute approximate surface area is 192 Å². The second kappa shape index (κ2) is 9.54. The molecule has 1 fully saturated rings. The van der Waals surface area contributed by atoms with Gasteiger partial charge in [0, 0.05) is 31.7 Å². The quantitative estimate of drug-likeness (QED) is 0.580. The third-order valence-electron chi connectivity index (χ3n) is 5.22. The molecule has 0 aliphatic carbocycles. The first-order valence-electron chi connectivity index (χ1n) is 10.2. The van der Waals surface area contributed by atoms with E-state index in [9.17, 15) is 18.0 Å². The van der Waals surface area contributed by atoms with Crippen LogP contribution in [0.5, 0.6) is 5.75 Å². The van der Waals surface area contributed by atoms with Crippen LogP contribution in [-0.2, 0) is 10.9 Å². The lowest BCUT2D eigenvalue weighted by molar-refractivity contribution is -0.142. The van der Waals surface area contributed by atoms with Crippen molar-refractivity contribution in [1.82, 2.24) is 24.8 Å². The maximum Gasteiger partial charge on any atom is 0.433 e. The minimum Gasteiger partial charge on any atom is -0.497 e. The van der Waals surface area contributed by atoms with Crippen molar-refractivity contribution in [3.63, 3.8) is 0 Å². The van der Waals surface area contributed by atoms with E-state index in [-0.39, 0.29) is 28.6 Å². The molecule has 2 aromatic heterocycles. The molecule has 12 heteroatoms. The van der Waals surface area contributed by atoms with Crippen LogP contribution in [0.3, 0.4) is 0 Å². The van der Waals surface area contributed by atoms with E-state index in [0.717, 1.165) is 19.2 Å². The third-order valence-corrected chi connectivity index (χ3v) is 5.57. The Hall–Kier alpha value is -2.89. The molecule has 4 rings (SSSR count). The Kier molecular flexibility index (Phi) is 6.73. The summed E-state index contributed by atoms with van der Waals surface area (Å²) in [4.78, 5) is 19.0. The van der Waals surface area contributed by atoms with Crippen molar-refractivity contribution in [3.8, 4) is 17.0 Å². The zero-order valence-corrected chi connectivity index (χ0v) is 18.4. The van der Waals surface area contributed by atoms with E-state index in [1.165, 1.54) is 7.11 Å². The van der Waals surface area contributed by atoms with Crippen LogP contribution in [0.15, 0.2) is 30.3 Å². The number of carbonyl (C=O) groups excluding carboxylic acids is 1. The molecule has 0 spiro atoms. The lowest BCUT2D eigenvalue weighted by Gasteiger charge is -2.26. The third kappa shape index (κ3) is 5.05. The Balaban J connectivity index is 1.66. The highest BCUT2D eigenvalue weighted by atomic mass is 35.5. The van der Waals surface area contributed by atoms with Crippen LogP contribution in [0.25, 0.3) is 16.9 Å². The summed E-state index contributed by atoms with van der Waals surface area (Å²) in [5, 5.41) is 6.25. The SMILES string of the molecule is COc1cccc(-c2cc(C(F)(F)F)n3nc(C(=O)NCCN4CCOCC4)c(Cl)c3n2)c1. The second-order valence-electron chi connectivity index (χ2n) is 7.36. The van der Waals surface area contributed by atoms with E-state index in [2.05, 4.69) is 20.3 Å². The van der Waals surface area contributed by atoms with E-state index >= 15 is 0 Å². The van der Waals surface area contributed by atoms with Crippen LogP contribution in [0.1, 0.15) is 16.2 Å². The van der Waals surface area contributed by atoms with Gasteiger partial charge in [0.25, 0.3) is 5.91 Å². The Morgan fingerprint density at radius 1 is 1.27 bits per heavy atom. The number of morpholine rings is 1. The molecule has 1 aliphatic rings. The topological polar surface area (TPSA) is 81.0 Å². The summed E-state index contributed by atoms with van der Waals surface area (Å²) in [5.41, 5.74) is -1.26. The summed E-state index contributed by atoms with van der Waals surface area (Å²) in [7, 11) is 1.45. The minimum absolute atomic E-state index is 0.0230. The number of alkyl halides is 3. The highest BCUT2D eigenvalue weighted by Gasteiger charge is 2.36. The molecule has 176 valence electrons. The van der Waals surface area contributed by atoms with Gasteiger partial charge in [0.15, 0.2) is 17.0 Å². The fraction of sp³-hybridized carbons (Fsp3) is 0.381. The van der Waals surface area contributed by atoms with Crippen molar-refractivity contribution in [2.24, 2.45) is 0 Å². The average molecular weight is 484 g/mol. The number of hydrogen-bond donors (Lipinski definition) is 1. The first-order chi connectivity index (χ1) is 15.8. The largest absolute Gasteiger partial charge is 0.497 e. The monoisotopic (exact) mass is 483 g/mol. The fourth-order valence-corrected chi connectivity index (χ4v) is 3.75.